The molecule has 0 unspecified atom stereocenters. The molecular formula is C8H5Cl2F5GeO. The second-order valence-electron chi connectivity index (χ2n) is 2.89. The fourth-order valence-electron chi connectivity index (χ4n) is 1.11. The second-order valence-corrected chi connectivity index (χ2v) is 13.3. The van der Waals surface area contributed by atoms with Crippen LogP contribution in [-0.4, -0.2) is 18.4 Å². The Morgan fingerprint density at radius 1 is 0.882 bits per heavy atom. The Labute approximate surface area is 105 Å². The number of hydrogen-bond donors (Lipinski definition) is 0. The molecular weight excluding hydrogens is 351 g/mol. The van der Waals surface area contributed by atoms with E-state index >= 15 is 0 Å². The predicted molar refractivity (Wildman–Crippen MR) is 55.0 cm³/mol. The van der Waals surface area contributed by atoms with Crippen molar-refractivity contribution in [3.8, 4) is 0 Å². The molecule has 0 aromatic heterocycles. The molecule has 1 rings (SSSR count). The monoisotopic (exact) mass is 356 g/mol. The van der Waals surface area contributed by atoms with Crippen LogP contribution in [0.5, 0.6) is 0 Å². The third-order valence-corrected chi connectivity index (χ3v) is 8.43. The van der Waals surface area contributed by atoms with E-state index in [9.17, 15) is 22.0 Å². The summed E-state index contributed by atoms with van der Waals surface area (Å²) in [4.78, 5) is 0. The molecule has 96 valence electrons. The molecule has 0 saturated heterocycles. The van der Waals surface area contributed by atoms with Gasteiger partial charge in [-0.15, -0.1) is 0 Å². The van der Waals surface area contributed by atoms with Crippen LogP contribution in [-0.2, 0) is 3.76 Å². The molecule has 0 aliphatic carbocycles. The minimum absolute atomic E-state index is 0.105. The molecule has 0 N–H and O–H groups in total. The Morgan fingerprint density at radius 2 is 1.24 bits per heavy atom. The molecule has 0 aliphatic heterocycles. The predicted octanol–water partition coefficient (Wildman–Crippen LogP) is 3.04. The summed E-state index contributed by atoms with van der Waals surface area (Å²) in [7, 11) is 11.1. The summed E-state index contributed by atoms with van der Waals surface area (Å²) in [6.45, 7) is 1.32. The van der Waals surface area contributed by atoms with Gasteiger partial charge in [0.1, 0.15) is 0 Å². The summed E-state index contributed by atoms with van der Waals surface area (Å²) in [5, 5.41) is 0. The molecule has 17 heavy (non-hydrogen) atoms. The normalized spacial score (nSPS) is 12.0. The van der Waals surface area contributed by atoms with Gasteiger partial charge in [-0.25, -0.2) is 0 Å². The summed E-state index contributed by atoms with van der Waals surface area (Å²) < 4.78 is 68.5. The molecule has 0 saturated carbocycles. The quantitative estimate of drug-likeness (QED) is 0.350. The molecule has 0 aliphatic rings. The van der Waals surface area contributed by atoms with Crippen LogP contribution in [0.4, 0.5) is 22.0 Å². The Kier molecular flexibility index (Phi) is 4.68. The van der Waals surface area contributed by atoms with Crippen molar-refractivity contribution in [1.29, 1.82) is 0 Å². The topological polar surface area (TPSA) is 9.23 Å². The van der Waals surface area contributed by atoms with Gasteiger partial charge in [-0.3, -0.25) is 0 Å². The average Bonchev–Trinajstić information content (AvgIpc) is 2.23. The van der Waals surface area contributed by atoms with Crippen molar-refractivity contribution in [3.05, 3.63) is 29.1 Å². The zero-order valence-electron chi connectivity index (χ0n) is 8.26. The maximum absolute atomic E-state index is 13.3. The summed E-state index contributed by atoms with van der Waals surface area (Å²) in [6.07, 6.45) is 0. The molecule has 0 fully saturated rings. The molecule has 1 aromatic carbocycles. The van der Waals surface area contributed by atoms with Crippen LogP contribution in [0.15, 0.2) is 0 Å². The zero-order valence-corrected chi connectivity index (χ0v) is 11.9. The molecule has 0 bridgehead atoms. The third-order valence-electron chi connectivity index (χ3n) is 1.83. The molecule has 0 amide bonds. The fraction of sp³-hybridized carbons (Fsp3) is 0.250. The van der Waals surface area contributed by atoms with Crippen molar-refractivity contribution in [2.75, 3.05) is 6.61 Å². The van der Waals surface area contributed by atoms with E-state index in [4.69, 9.17) is 23.8 Å². The summed E-state index contributed by atoms with van der Waals surface area (Å²) in [6, 6.07) is 0. The van der Waals surface area contributed by atoms with E-state index in [1.165, 1.54) is 6.92 Å². The van der Waals surface area contributed by atoms with Crippen LogP contribution < -0.4 is 4.40 Å². The molecule has 1 aromatic rings. The molecule has 0 atom stereocenters. The van der Waals surface area contributed by atoms with E-state index in [1.807, 2.05) is 0 Å². The third kappa shape index (κ3) is 2.69. The van der Waals surface area contributed by atoms with Crippen molar-refractivity contribution in [2.45, 2.75) is 6.92 Å². The van der Waals surface area contributed by atoms with Gasteiger partial charge in [0.05, 0.1) is 0 Å². The van der Waals surface area contributed by atoms with E-state index in [-0.39, 0.29) is 6.61 Å². The van der Waals surface area contributed by atoms with Gasteiger partial charge in [0.2, 0.25) is 0 Å². The molecule has 0 heterocycles. The first-order valence-electron chi connectivity index (χ1n) is 4.27. The minimum atomic E-state index is -4.75. The van der Waals surface area contributed by atoms with Gasteiger partial charge in [0.15, 0.2) is 0 Å². The van der Waals surface area contributed by atoms with E-state index < -0.39 is 45.2 Å². The first-order valence-corrected chi connectivity index (χ1v) is 11.7. The molecule has 1 nitrogen and oxygen atoms in total. The Morgan fingerprint density at radius 3 is 1.59 bits per heavy atom. The van der Waals surface area contributed by atoms with Crippen LogP contribution >= 0.6 is 20.0 Å². The first-order chi connectivity index (χ1) is 7.74. The number of halogens is 7. The number of benzene rings is 1. The van der Waals surface area contributed by atoms with Crippen LogP contribution in [0.25, 0.3) is 0 Å². The van der Waals surface area contributed by atoms with Gasteiger partial charge in [0, 0.05) is 0 Å². The number of rotatable bonds is 3. The van der Waals surface area contributed by atoms with E-state index in [2.05, 4.69) is 0 Å². The standard InChI is InChI=1S/C8H5Cl2F5GeO/c1-2-17-16(9,10)8-6(14)4(12)3(11)5(13)7(8)15/h2H2,1H3. The average molecular weight is 356 g/mol. The Balaban J connectivity index is 3.54. The van der Waals surface area contributed by atoms with E-state index in [0.717, 1.165) is 0 Å². The van der Waals surface area contributed by atoms with Crippen molar-refractivity contribution in [3.63, 3.8) is 0 Å². The summed E-state index contributed by atoms with van der Waals surface area (Å²) >= 11 is -4.75. The van der Waals surface area contributed by atoms with Crippen molar-refractivity contribution < 1.29 is 25.7 Å². The van der Waals surface area contributed by atoms with Gasteiger partial charge >= 0.3 is 104 Å². The van der Waals surface area contributed by atoms with Gasteiger partial charge in [0.25, 0.3) is 0 Å². The van der Waals surface area contributed by atoms with E-state index in [1.54, 1.807) is 0 Å². The van der Waals surface area contributed by atoms with Gasteiger partial charge in [-0.1, -0.05) is 0 Å². The Bertz CT molecular complexity index is 425. The SMILES string of the molecule is CC[O][Ge]([Cl])([Cl])[c]1c(F)c(F)c(F)c(F)c1F. The van der Waals surface area contributed by atoms with Gasteiger partial charge in [-0.2, -0.15) is 0 Å². The summed E-state index contributed by atoms with van der Waals surface area (Å²) in [5.74, 6) is -10.5. The second kappa shape index (κ2) is 5.30. The van der Waals surface area contributed by atoms with E-state index in [0.29, 0.717) is 0 Å². The number of hydrogen-bond acceptors (Lipinski definition) is 1. The van der Waals surface area contributed by atoms with Crippen molar-refractivity contribution in [2.24, 2.45) is 0 Å². The maximum atomic E-state index is 13.3. The molecule has 0 spiro atoms. The van der Waals surface area contributed by atoms with Crippen LogP contribution in [0.2, 0.25) is 0 Å². The fourth-order valence-corrected chi connectivity index (χ4v) is 6.57. The van der Waals surface area contributed by atoms with Gasteiger partial charge in [-0.05, 0) is 0 Å². The zero-order chi connectivity index (χ0) is 13.4. The van der Waals surface area contributed by atoms with Crippen molar-refractivity contribution >= 4 is 36.2 Å². The van der Waals surface area contributed by atoms with Crippen LogP contribution in [0.3, 0.4) is 0 Å². The Hall–Kier alpha value is -0.0471. The van der Waals surface area contributed by atoms with Gasteiger partial charge < -0.3 is 0 Å². The molecule has 9 heteroatoms. The van der Waals surface area contributed by atoms with Crippen LogP contribution in [0.1, 0.15) is 6.92 Å². The summed E-state index contributed by atoms with van der Waals surface area (Å²) in [5.41, 5.74) is 0. The molecule has 0 radical (unpaired) electrons. The first kappa shape index (κ1) is 15.0. The van der Waals surface area contributed by atoms with Crippen molar-refractivity contribution in [1.82, 2.24) is 0 Å². The van der Waals surface area contributed by atoms with Crippen LogP contribution in [0, 0.1) is 29.1 Å².